The highest BCUT2D eigenvalue weighted by Gasteiger charge is 2.56. The van der Waals surface area contributed by atoms with E-state index >= 15 is 0 Å². The monoisotopic (exact) mass is 354 g/mol. The maximum Gasteiger partial charge on any atom is 0.259 e. The van der Waals surface area contributed by atoms with Gasteiger partial charge in [-0.15, -0.1) is 0 Å². The van der Waals surface area contributed by atoms with Gasteiger partial charge >= 0.3 is 0 Å². The van der Waals surface area contributed by atoms with Crippen molar-refractivity contribution in [3.05, 3.63) is 47.6 Å². The summed E-state index contributed by atoms with van der Waals surface area (Å²) < 4.78 is 5.02. The molecule has 0 aromatic carbocycles. The van der Waals surface area contributed by atoms with Crippen molar-refractivity contribution in [3.8, 4) is 0 Å². The van der Waals surface area contributed by atoms with E-state index in [0.29, 0.717) is 37.5 Å². The molecular weight excluding hydrogens is 332 g/mol. The van der Waals surface area contributed by atoms with Crippen LogP contribution in [0.3, 0.4) is 0 Å². The molecule has 4 heterocycles. The third kappa shape index (κ3) is 2.58. The molecule has 2 aliphatic rings. The number of carbonyl (C=O) groups is 2. The van der Waals surface area contributed by atoms with Gasteiger partial charge in [0.1, 0.15) is 11.3 Å². The van der Waals surface area contributed by atoms with Crippen LogP contribution >= 0.6 is 0 Å². The summed E-state index contributed by atoms with van der Waals surface area (Å²) in [5.41, 5.74) is 1.02. The summed E-state index contributed by atoms with van der Waals surface area (Å²) in [6.45, 7) is 6.12. The number of carbonyl (C=O) groups excluding carboxylic acids is 2. The van der Waals surface area contributed by atoms with Crippen LogP contribution in [0, 0.1) is 18.3 Å². The third-order valence-corrected chi connectivity index (χ3v) is 5.82. The second-order valence-corrected chi connectivity index (χ2v) is 7.38. The van der Waals surface area contributed by atoms with Crippen LogP contribution in [0.15, 0.2) is 35.2 Å². The zero-order chi connectivity index (χ0) is 18.3. The topological polar surface area (TPSA) is 79.5 Å². The number of pyridine rings is 1. The minimum Gasteiger partial charge on any atom is -0.361 e. The summed E-state index contributed by atoms with van der Waals surface area (Å²) in [6.07, 6.45) is 5.76. The van der Waals surface area contributed by atoms with Crippen molar-refractivity contribution in [2.24, 2.45) is 11.3 Å². The Labute approximate surface area is 152 Å². The highest BCUT2D eigenvalue weighted by molar-refractivity contribution is 5.96. The first-order valence-corrected chi connectivity index (χ1v) is 8.90. The molecule has 0 saturated carbocycles. The van der Waals surface area contributed by atoms with Crippen molar-refractivity contribution in [2.45, 2.75) is 26.8 Å². The van der Waals surface area contributed by atoms with Gasteiger partial charge in [0.25, 0.3) is 5.91 Å². The van der Waals surface area contributed by atoms with Crippen LogP contribution in [-0.4, -0.2) is 51.4 Å². The minimum atomic E-state index is -0.483. The normalized spacial score (nSPS) is 25.5. The number of aromatic nitrogens is 2. The lowest BCUT2D eigenvalue weighted by atomic mass is 9.78. The molecule has 1 spiro atoms. The molecule has 0 radical (unpaired) electrons. The SMILES string of the molecule is Cc1oncc1C(=O)N1C[C@@H](C)[C@@]2(CCN(Cc3cccnc3)C2=O)C1. The van der Waals surface area contributed by atoms with Gasteiger partial charge in [-0.3, -0.25) is 14.6 Å². The lowest BCUT2D eigenvalue weighted by molar-refractivity contribution is -0.137. The lowest BCUT2D eigenvalue weighted by Crippen LogP contribution is -2.40. The Bertz CT molecular complexity index is 834. The Hall–Kier alpha value is -2.70. The molecule has 0 unspecified atom stereocenters. The molecule has 0 bridgehead atoms. The number of amides is 2. The minimum absolute atomic E-state index is 0.106. The Morgan fingerprint density at radius 3 is 2.96 bits per heavy atom. The van der Waals surface area contributed by atoms with E-state index in [2.05, 4.69) is 17.1 Å². The number of rotatable bonds is 3. The summed E-state index contributed by atoms with van der Waals surface area (Å²) in [5, 5.41) is 3.69. The molecule has 2 fully saturated rings. The average molecular weight is 354 g/mol. The summed E-state index contributed by atoms with van der Waals surface area (Å²) in [5.74, 6) is 0.676. The maximum absolute atomic E-state index is 13.2. The van der Waals surface area contributed by atoms with Crippen molar-refractivity contribution in [1.29, 1.82) is 0 Å². The van der Waals surface area contributed by atoms with E-state index in [9.17, 15) is 9.59 Å². The summed E-state index contributed by atoms with van der Waals surface area (Å²) >= 11 is 0. The zero-order valence-electron chi connectivity index (χ0n) is 15.0. The number of aryl methyl sites for hydroxylation is 1. The molecule has 0 aliphatic carbocycles. The first kappa shape index (κ1) is 16.8. The van der Waals surface area contributed by atoms with Crippen molar-refractivity contribution < 1.29 is 14.1 Å². The fraction of sp³-hybridized carbons (Fsp3) is 0.474. The quantitative estimate of drug-likeness (QED) is 0.841. The Morgan fingerprint density at radius 1 is 1.42 bits per heavy atom. The van der Waals surface area contributed by atoms with E-state index in [0.717, 1.165) is 12.0 Å². The molecule has 2 aliphatic heterocycles. The highest BCUT2D eigenvalue weighted by atomic mass is 16.5. The van der Waals surface area contributed by atoms with Crippen LogP contribution in [-0.2, 0) is 11.3 Å². The van der Waals surface area contributed by atoms with Crippen LogP contribution in [0.25, 0.3) is 0 Å². The van der Waals surface area contributed by atoms with E-state index in [1.54, 1.807) is 24.2 Å². The first-order valence-electron chi connectivity index (χ1n) is 8.90. The summed E-state index contributed by atoms with van der Waals surface area (Å²) in [7, 11) is 0. The molecule has 7 nitrogen and oxygen atoms in total. The molecule has 7 heteroatoms. The smallest absolute Gasteiger partial charge is 0.259 e. The Morgan fingerprint density at radius 2 is 2.27 bits per heavy atom. The molecule has 2 atom stereocenters. The average Bonchev–Trinajstić information content (AvgIpc) is 3.30. The van der Waals surface area contributed by atoms with Gasteiger partial charge in [-0.05, 0) is 30.9 Å². The van der Waals surface area contributed by atoms with Crippen LogP contribution in [0.4, 0.5) is 0 Å². The molecule has 136 valence electrons. The maximum atomic E-state index is 13.2. The van der Waals surface area contributed by atoms with E-state index < -0.39 is 5.41 Å². The van der Waals surface area contributed by atoms with Crippen LogP contribution in [0.1, 0.15) is 35.0 Å². The van der Waals surface area contributed by atoms with E-state index in [-0.39, 0.29) is 17.7 Å². The first-order chi connectivity index (χ1) is 12.5. The van der Waals surface area contributed by atoms with Gasteiger partial charge < -0.3 is 14.3 Å². The Balaban J connectivity index is 1.51. The second kappa shape index (κ2) is 6.23. The lowest BCUT2D eigenvalue weighted by Gasteiger charge is -2.26. The van der Waals surface area contributed by atoms with Gasteiger partial charge in [-0.2, -0.15) is 0 Å². The highest BCUT2D eigenvalue weighted by Crippen LogP contribution is 2.45. The van der Waals surface area contributed by atoms with E-state index in [4.69, 9.17) is 4.52 Å². The fourth-order valence-electron chi connectivity index (χ4n) is 4.22. The second-order valence-electron chi connectivity index (χ2n) is 7.38. The van der Waals surface area contributed by atoms with Gasteiger partial charge in [0.05, 0.1) is 11.6 Å². The van der Waals surface area contributed by atoms with Crippen molar-refractivity contribution in [1.82, 2.24) is 19.9 Å². The predicted octanol–water partition coefficient (Wildman–Crippen LogP) is 1.89. The number of hydrogen-bond acceptors (Lipinski definition) is 5. The standard InChI is InChI=1S/C19H22N4O3/c1-13-10-23(17(24)16-9-21-26-14(16)2)12-19(13)5-7-22(18(19)25)11-15-4-3-6-20-8-15/h3-4,6,8-9,13H,5,7,10-12H2,1-2H3/t13-,19-/m1/s1. The largest absolute Gasteiger partial charge is 0.361 e. The van der Waals surface area contributed by atoms with E-state index in [1.165, 1.54) is 6.20 Å². The molecule has 2 aromatic rings. The van der Waals surface area contributed by atoms with Gasteiger partial charge in [0.15, 0.2) is 0 Å². The number of hydrogen-bond donors (Lipinski definition) is 0. The molecule has 2 aromatic heterocycles. The summed E-state index contributed by atoms with van der Waals surface area (Å²) in [6, 6.07) is 3.86. The third-order valence-electron chi connectivity index (χ3n) is 5.82. The molecule has 4 rings (SSSR count). The fourth-order valence-corrected chi connectivity index (χ4v) is 4.22. The van der Waals surface area contributed by atoms with Crippen molar-refractivity contribution in [3.63, 3.8) is 0 Å². The van der Waals surface area contributed by atoms with Gasteiger partial charge in [-0.25, -0.2) is 0 Å². The Kier molecular flexibility index (Phi) is 4.01. The van der Waals surface area contributed by atoms with Crippen LogP contribution < -0.4 is 0 Å². The predicted molar refractivity (Wildman–Crippen MR) is 93.0 cm³/mol. The number of nitrogens with zero attached hydrogens (tertiary/aromatic N) is 4. The van der Waals surface area contributed by atoms with Gasteiger partial charge in [0.2, 0.25) is 5.91 Å². The molecule has 0 N–H and O–H groups in total. The molecule has 2 amide bonds. The van der Waals surface area contributed by atoms with Crippen LogP contribution in [0.2, 0.25) is 0 Å². The van der Waals surface area contributed by atoms with Crippen LogP contribution in [0.5, 0.6) is 0 Å². The molecular formula is C19H22N4O3. The number of likely N-dealkylation sites (tertiary alicyclic amines) is 2. The molecule has 26 heavy (non-hydrogen) atoms. The zero-order valence-corrected chi connectivity index (χ0v) is 15.0. The molecule has 2 saturated heterocycles. The van der Waals surface area contributed by atoms with Crippen molar-refractivity contribution >= 4 is 11.8 Å². The van der Waals surface area contributed by atoms with Gasteiger partial charge in [0, 0.05) is 38.6 Å². The van der Waals surface area contributed by atoms with Gasteiger partial charge in [-0.1, -0.05) is 18.1 Å². The summed E-state index contributed by atoms with van der Waals surface area (Å²) in [4.78, 5) is 33.8. The van der Waals surface area contributed by atoms with Crippen molar-refractivity contribution in [2.75, 3.05) is 19.6 Å². The van der Waals surface area contributed by atoms with E-state index in [1.807, 2.05) is 17.0 Å².